The van der Waals surface area contributed by atoms with Gasteiger partial charge in [-0.2, -0.15) is 5.10 Å². The number of thiazole rings is 1. The van der Waals surface area contributed by atoms with Gasteiger partial charge in [-0.15, -0.1) is 11.3 Å². The summed E-state index contributed by atoms with van der Waals surface area (Å²) in [7, 11) is 0. The Balaban J connectivity index is 1.65. The molecule has 0 aliphatic heterocycles. The van der Waals surface area contributed by atoms with Crippen molar-refractivity contribution in [1.82, 2.24) is 14.8 Å². The number of amides is 1. The number of aryl methyl sites for hydroxylation is 1. The Morgan fingerprint density at radius 3 is 2.56 bits per heavy atom. The maximum Gasteiger partial charge on any atom is 0.351 e. The quantitative estimate of drug-likeness (QED) is 0.173. The lowest BCUT2D eigenvalue weighted by Gasteiger charge is -2.13. The van der Waals surface area contributed by atoms with Crippen molar-refractivity contribution in [2.75, 3.05) is 24.6 Å². The molecule has 0 saturated heterocycles. The van der Waals surface area contributed by atoms with Crippen molar-refractivity contribution in [3.8, 4) is 16.9 Å². The van der Waals surface area contributed by atoms with Crippen LogP contribution in [0.1, 0.15) is 12.1 Å². The number of oxime groups is 1. The maximum absolute atomic E-state index is 11.6. The van der Waals surface area contributed by atoms with Crippen LogP contribution >= 0.6 is 11.3 Å². The van der Waals surface area contributed by atoms with Gasteiger partial charge in [-0.1, -0.05) is 17.3 Å². The summed E-state index contributed by atoms with van der Waals surface area (Å²) in [6.07, 6.45) is 1.10. The number of hydrogen-bond donors (Lipinski definition) is 5. The summed E-state index contributed by atoms with van der Waals surface area (Å²) in [5.41, 5.74) is 23.6. The van der Waals surface area contributed by atoms with E-state index in [0.717, 1.165) is 28.9 Å². The average molecular weight is 489 g/mol. The van der Waals surface area contributed by atoms with E-state index in [-0.39, 0.29) is 23.1 Å². The fourth-order valence-electron chi connectivity index (χ4n) is 2.81. The first kappa shape index (κ1) is 24.5. The fraction of sp³-hybridized carbons (Fsp3) is 0.250. The van der Waals surface area contributed by atoms with E-state index < -0.39 is 18.0 Å². The first-order chi connectivity index (χ1) is 16.3. The highest BCUT2D eigenvalue weighted by Gasteiger charge is 2.23. The van der Waals surface area contributed by atoms with Gasteiger partial charge in [0, 0.05) is 23.7 Å². The van der Waals surface area contributed by atoms with Gasteiger partial charge in [0.1, 0.15) is 18.1 Å². The lowest BCUT2D eigenvalue weighted by atomic mass is 10.1. The van der Waals surface area contributed by atoms with Crippen LogP contribution in [-0.4, -0.2) is 56.7 Å². The van der Waals surface area contributed by atoms with Crippen molar-refractivity contribution in [3.63, 3.8) is 0 Å². The third-order valence-electron chi connectivity index (χ3n) is 4.49. The van der Waals surface area contributed by atoms with Crippen LogP contribution in [0.2, 0.25) is 0 Å². The van der Waals surface area contributed by atoms with Crippen LogP contribution < -0.4 is 27.7 Å². The Hall–Kier alpha value is -4.17. The summed E-state index contributed by atoms with van der Waals surface area (Å²) < 4.78 is 7.25. The summed E-state index contributed by atoms with van der Waals surface area (Å²) in [6.45, 7) is 0.827. The summed E-state index contributed by atoms with van der Waals surface area (Å²) in [5, 5.41) is 18.9. The van der Waals surface area contributed by atoms with Crippen molar-refractivity contribution in [2.24, 2.45) is 16.6 Å². The van der Waals surface area contributed by atoms with E-state index in [1.54, 1.807) is 28.9 Å². The monoisotopic (exact) mass is 488 g/mol. The number of aromatic nitrogens is 3. The predicted molar refractivity (Wildman–Crippen MR) is 126 cm³/mol. The van der Waals surface area contributed by atoms with Crippen LogP contribution in [-0.2, 0) is 21.0 Å². The minimum Gasteiger partial charge on any atom is -0.489 e. The zero-order valence-corrected chi connectivity index (χ0v) is 18.8. The second-order valence-corrected chi connectivity index (χ2v) is 7.87. The zero-order chi connectivity index (χ0) is 24.7. The van der Waals surface area contributed by atoms with Gasteiger partial charge < -0.3 is 37.6 Å². The number of primary amides is 1. The van der Waals surface area contributed by atoms with Crippen molar-refractivity contribution in [1.29, 1.82) is 0 Å². The summed E-state index contributed by atoms with van der Waals surface area (Å²) >= 11 is 1.07. The summed E-state index contributed by atoms with van der Waals surface area (Å²) in [4.78, 5) is 32.1. The molecule has 1 amide bonds. The Morgan fingerprint density at radius 1 is 1.24 bits per heavy atom. The molecule has 0 aliphatic carbocycles. The van der Waals surface area contributed by atoms with Gasteiger partial charge in [0.2, 0.25) is 0 Å². The standard InChI is InChI=1S/C20H24N8O5S/c21-6-1-7-28-8-13(17(22)26-28)11-2-4-12(5-3-11)32-9-15(19(30)31)33-27-16(18(23)29)14-10-34-20(24)25-14/h2-5,8,10,15H,1,6-7,9,21H2,(H2,22,26)(H2,23,29)(H2,24,25)(H,30,31)/b27-16-/t15-/m0/s1. The SMILES string of the molecule is NCCCn1cc(-c2ccc(OC[C@H](O/N=C(\C(N)=O)c3csc(N)n3)C(=O)O)cc2)c(N)n1. The molecule has 180 valence electrons. The Kier molecular flexibility index (Phi) is 8.00. The minimum atomic E-state index is -1.51. The molecule has 1 aromatic carbocycles. The first-order valence-electron chi connectivity index (χ1n) is 10.0. The molecule has 0 fully saturated rings. The van der Waals surface area contributed by atoms with Crippen LogP contribution in [0.5, 0.6) is 5.75 Å². The smallest absolute Gasteiger partial charge is 0.351 e. The molecule has 14 heteroatoms. The van der Waals surface area contributed by atoms with Gasteiger partial charge in [-0.3, -0.25) is 9.48 Å². The molecular formula is C20H24N8O5S. The Labute approximate surface area is 197 Å². The van der Waals surface area contributed by atoms with Crippen molar-refractivity contribution in [2.45, 2.75) is 19.1 Å². The first-order valence-corrected chi connectivity index (χ1v) is 10.9. The molecule has 0 aliphatic rings. The van der Waals surface area contributed by atoms with E-state index in [1.165, 1.54) is 5.38 Å². The molecule has 9 N–H and O–H groups in total. The van der Waals surface area contributed by atoms with E-state index in [0.29, 0.717) is 24.7 Å². The van der Waals surface area contributed by atoms with Gasteiger partial charge in [0.25, 0.3) is 12.0 Å². The summed E-state index contributed by atoms with van der Waals surface area (Å²) in [6, 6.07) is 6.84. The zero-order valence-electron chi connectivity index (χ0n) is 18.0. The number of carbonyl (C=O) groups excluding carboxylic acids is 1. The van der Waals surface area contributed by atoms with E-state index in [9.17, 15) is 14.7 Å². The number of aliphatic carboxylic acids is 1. The average Bonchev–Trinajstić information content (AvgIpc) is 3.39. The number of nitrogen functional groups attached to an aromatic ring is 2. The fourth-order valence-corrected chi connectivity index (χ4v) is 3.35. The Morgan fingerprint density at radius 2 is 1.97 bits per heavy atom. The number of hydrogen-bond acceptors (Lipinski definition) is 11. The Bertz CT molecular complexity index is 1170. The topological polar surface area (TPSA) is 220 Å². The molecule has 0 radical (unpaired) electrons. The number of rotatable bonds is 12. The van der Waals surface area contributed by atoms with E-state index >= 15 is 0 Å². The molecule has 3 aromatic rings. The number of carboxylic acid groups (broad SMARTS) is 1. The summed E-state index contributed by atoms with van der Waals surface area (Å²) in [5.74, 6) is -1.52. The van der Waals surface area contributed by atoms with Crippen LogP contribution in [0.25, 0.3) is 11.1 Å². The van der Waals surface area contributed by atoms with Gasteiger partial charge >= 0.3 is 5.97 Å². The van der Waals surface area contributed by atoms with Crippen molar-refractivity contribution >= 4 is 39.9 Å². The molecular weight excluding hydrogens is 464 g/mol. The number of carbonyl (C=O) groups is 2. The molecule has 0 unspecified atom stereocenters. The van der Waals surface area contributed by atoms with Crippen LogP contribution in [0.15, 0.2) is 41.0 Å². The molecule has 2 aromatic heterocycles. The normalized spacial score (nSPS) is 12.3. The molecule has 2 heterocycles. The second-order valence-electron chi connectivity index (χ2n) is 6.98. The van der Waals surface area contributed by atoms with Crippen molar-refractivity contribution in [3.05, 3.63) is 41.5 Å². The van der Waals surface area contributed by atoms with E-state index in [1.807, 2.05) is 6.20 Å². The second kappa shape index (κ2) is 11.1. The third kappa shape index (κ3) is 6.20. The highest BCUT2D eigenvalue weighted by Crippen LogP contribution is 2.27. The van der Waals surface area contributed by atoms with Gasteiger partial charge in [-0.05, 0) is 30.7 Å². The maximum atomic E-state index is 11.6. The molecule has 0 saturated carbocycles. The lowest BCUT2D eigenvalue weighted by Crippen LogP contribution is -2.31. The molecule has 0 spiro atoms. The number of nitrogens with zero attached hydrogens (tertiary/aromatic N) is 4. The van der Waals surface area contributed by atoms with Crippen LogP contribution in [0.4, 0.5) is 10.9 Å². The molecule has 1 atom stereocenters. The third-order valence-corrected chi connectivity index (χ3v) is 5.17. The highest BCUT2D eigenvalue weighted by molar-refractivity contribution is 7.13. The lowest BCUT2D eigenvalue weighted by molar-refractivity contribution is -0.152. The number of benzene rings is 1. The minimum absolute atomic E-state index is 0.0845. The van der Waals surface area contributed by atoms with Crippen LogP contribution in [0, 0.1) is 0 Å². The number of nitrogens with two attached hydrogens (primary N) is 4. The number of anilines is 2. The highest BCUT2D eigenvalue weighted by atomic mass is 32.1. The van der Waals surface area contributed by atoms with E-state index in [4.69, 9.17) is 32.5 Å². The van der Waals surface area contributed by atoms with Crippen molar-refractivity contribution < 1.29 is 24.3 Å². The molecule has 13 nitrogen and oxygen atoms in total. The molecule has 34 heavy (non-hydrogen) atoms. The van der Waals surface area contributed by atoms with Crippen LogP contribution in [0.3, 0.4) is 0 Å². The van der Waals surface area contributed by atoms with Gasteiger partial charge in [0.15, 0.2) is 16.7 Å². The largest absolute Gasteiger partial charge is 0.489 e. The van der Waals surface area contributed by atoms with Gasteiger partial charge in [0.05, 0.1) is 0 Å². The number of ether oxygens (including phenoxy) is 1. The van der Waals surface area contributed by atoms with E-state index in [2.05, 4.69) is 15.2 Å². The predicted octanol–water partition coefficient (Wildman–Crippen LogP) is 0.258. The molecule has 3 rings (SSSR count). The van der Waals surface area contributed by atoms with Gasteiger partial charge in [-0.25, -0.2) is 9.78 Å². The molecule has 0 bridgehead atoms. The number of carboxylic acids is 1.